The number of rotatable bonds is 5. The van der Waals surface area contributed by atoms with Crippen LogP contribution in [0.4, 0.5) is 4.39 Å². The largest absolute Gasteiger partial charge is 0.497 e. The van der Waals surface area contributed by atoms with Gasteiger partial charge in [0.15, 0.2) is 0 Å². The first kappa shape index (κ1) is 16.3. The van der Waals surface area contributed by atoms with E-state index in [1.807, 2.05) is 24.3 Å². The summed E-state index contributed by atoms with van der Waals surface area (Å²) in [6.45, 7) is 0. The number of carbonyl (C=O) groups is 1. The minimum Gasteiger partial charge on any atom is -0.497 e. The summed E-state index contributed by atoms with van der Waals surface area (Å²) in [6.07, 6.45) is 0. The number of halogens is 1. The maximum absolute atomic E-state index is 12.8. The van der Waals surface area contributed by atoms with Gasteiger partial charge in [-0.3, -0.25) is 4.79 Å². The number of hydrogen-bond acceptors (Lipinski definition) is 4. The zero-order valence-electron chi connectivity index (χ0n) is 13.0. The molecule has 0 aromatic heterocycles. The van der Waals surface area contributed by atoms with E-state index in [1.54, 1.807) is 31.4 Å². The van der Waals surface area contributed by atoms with Crippen molar-refractivity contribution < 1.29 is 18.7 Å². The zero-order valence-corrected chi connectivity index (χ0v) is 13.8. The molecule has 0 heterocycles. The van der Waals surface area contributed by atoms with Crippen LogP contribution < -0.4 is 9.47 Å². The summed E-state index contributed by atoms with van der Waals surface area (Å²) >= 11 is 1.30. The van der Waals surface area contributed by atoms with Crippen LogP contribution in [0.1, 0.15) is 0 Å². The van der Waals surface area contributed by atoms with Crippen molar-refractivity contribution in [2.24, 2.45) is 0 Å². The number of thioether (sulfide) groups is 1. The van der Waals surface area contributed by atoms with Gasteiger partial charge in [0.05, 0.1) is 12.9 Å². The van der Waals surface area contributed by atoms with Crippen molar-refractivity contribution >= 4 is 28.5 Å². The van der Waals surface area contributed by atoms with Gasteiger partial charge in [-0.15, -0.1) is 11.8 Å². The molecule has 0 fully saturated rings. The topological polar surface area (TPSA) is 35.5 Å². The van der Waals surface area contributed by atoms with Crippen LogP contribution in [-0.2, 0) is 4.79 Å². The molecule has 0 spiro atoms. The van der Waals surface area contributed by atoms with Gasteiger partial charge in [0.2, 0.25) is 0 Å². The van der Waals surface area contributed by atoms with Crippen LogP contribution in [0.3, 0.4) is 0 Å². The SMILES string of the molecule is COc1ccc2ccc(OC(=O)CSc3ccc(F)cc3)cc2c1. The Hall–Kier alpha value is -2.53. The Balaban J connectivity index is 1.65. The van der Waals surface area contributed by atoms with E-state index in [9.17, 15) is 9.18 Å². The summed E-state index contributed by atoms with van der Waals surface area (Å²) in [4.78, 5) is 12.8. The second kappa shape index (κ2) is 7.36. The Morgan fingerprint density at radius 2 is 1.62 bits per heavy atom. The Labute approximate surface area is 143 Å². The first-order chi connectivity index (χ1) is 11.6. The second-order valence-electron chi connectivity index (χ2n) is 5.09. The fourth-order valence-electron chi connectivity index (χ4n) is 2.23. The molecule has 0 aliphatic carbocycles. The maximum Gasteiger partial charge on any atom is 0.321 e. The fraction of sp³-hybridized carbons (Fsp3) is 0.105. The van der Waals surface area contributed by atoms with Crippen molar-refractivity contribution in [1.29, 1.82) is 0 Å². The Kier molecular flexibility index (Phi) is 5.01. The third kappa shape index (κ3) is 4.06. The molecule has 0 N–H and O–H groups in total. The van der Waals surface area contributed by atoms with E-state index in [-0.39, 0.29) is 17.5 Å². The van der Waals surface area contributed by atoms with Crippen LogP contribution in [0.2, 0.25) is 0 Å². The number of benzene rings is 3. The van der Waals surface area contributed by atoms with Gasteiger partial charge >= 0.3 is 5.97 Å². The summed E-state index contributed by atoms with van der Waals surface area (Å²) in [5.41, 5.74) is 0. The van der Waals surface area contributed by atoms with Crippen LogP contribution in [-0.4, -0.2) is 18.8 Å². The fourth-order valence-corrected chi connectivity index (χ4v) is 2.90. The van der Waals surface area contributed by atoms with Gasteiger partial charge < -0.3 is 9.47 Å². The Bertz CT molecular complexity index is 862. The minimum atomic E-state index is -0.355. The van der Waals surface area contributed by atoms with Crippen molar-refractivity contribution in [2.45, 2.75) is 4.90 Å². The van der Waals surface area contributed by atoms with Gasteiger partial charge in [-0.1, -0.05) is 12.1 Å². The minimum absolute atomic E-state index is 0.155. The maximum atomic E-state index is 12.8. The van der Waals surface area contributed by atoms with E-state index in [0.717, 1.165) is 21.4 Å². The lowest BCUT2D eigenvalue weighted by molar-refractivity contribution is -0.131. The second-order valence-corrected chi connectivity index (χ2v) is 6.14. The molecule has 0 amide bonds. The van der Waals surface area contributed by atoms with E-state index in [2.05, 4.69) is 0 Å². The van der Waals surface area contributed by atoms with Gasteiger partial charge in [-0.25, -0.2) is 4.39 Å². The Morgan fingerprint density at radius 3 is 2.33 bits per heavy atom. The van der Waals surface area contributed by atoms with Crippen LogP contribution in [0, 0.1) is 5.82 Å². The number of esters is 1. The molecule has 0 aliphatic rings. The molecular formula is C19H15FO3S. The molecular weight excluding hydrogens is 327 g/mol. The number of carbonyl (C=O) groups excluding carboxylic acids is 1. The standard InChI is InChI=1S/C19H15FO3S/c1-22-16-6-2-13-3-7-17(11-14(13)10-16)23-19(21)12-24-18-8-4-15(20)5-9-18/h2-11H,12H2,1H3. The van der Waals surface area contributed by atoms with Crippen LogP contribution in [0.5, 0.6) is 11.5 Å². The molecule has 0 bridgehead atoms. The van der Waals surface area contributed by atoms with E-state index >= 15 is 0 Å². The highest BCUT2D eigenvalue weighted by Crippen LogP contribution is 2.25. The van der Waals surface area contributed by atoms with Gasteiger partial charge in [0.25, 0.3) is 0 Å². The van der Waals surface area contributed by atoms with E-state index in [0.29, 0.717) is 5.75 Å². The average molecular weight is 342 g/mol. The Morgan fingerprint density at radius 1 is 0.958 bits per heavy atom. The van der Waals surface area contributed by atoms with Gasteiger partial charge in [-0.2, -0.15) is 0 Å². The quantitative estimate of drug-likeness (QED) is 0.383. The normalized spacial score (nSPS) is 10.6. The first-order valence-corrected chi connectivity index (χ1v) is 8.29. The van der Waals surface area contributed by atoms with Gasteiger partial charge in [0, 0.05) is 4.90 Å². The number of methoxy groups -OCH3 is 1. The number of hydrogen-bond donors (Lipinski definition) is 0. The van der Waals surface area contributed by atoms with Crippen LogP contribution in [0.15, 0.2) is 65.6 Å². The third-order valence-corrected chi connectivity index (χ3v) is 4.41. The molecule has 5 heteroatoms. The van der Waals surface area contributed by atoms with Crippen molar-refractivity contribution in [3.63, 3.8) is 0 Å². The molecule has 0 atom stereocenters. The van der Waals surface area contributed by atoms with Crippen molar-refractivity contribution in [1.82, 2.24) is 0 Å². The summed E-state index contributed by atoms with van der Waals surface area (Å²) in [5.74, 6) is 0.736. The molecule has 0 saturated carbocycles. The highest BCUT2D eigenvalue weighted by molar-refractivity contribution is 8.00. The third-order valence-electron chi connectivity index (χ3n) is 3.42. The monoisotopic (exact) mass is 342 g/mol. The number of ether oxygens (including phenoxy) is 2. The molecule has 3 aromatic rings. The molecule has 122 valence electrons. The predicted molar refractivity (Wildman–Crippen MR) is 93.3 cm³/mol. The molecule has 0 unspecified atom stereocenters. The molecule has 3 aromatic carbocycles. The molecule has 3 nitrogen and oxygen atoms in total. The lowest BCUT2D eigenvalue weighted by Crippen LogP contribution is -2.10. The number of fused-ring (bicyclic) bond motifs is 1. The summed E-state index contributed by atoms with van der Waals surface area (Å²) < 4.78 is 23.4. The average Bonchev–Trinajstić information content (AvgIpc) is 2.60. The smallest absolute Gasteiger partial charge is 0.321 e. The predicted octanol–water partition coefficient (Wildman–Crippen LogP) is 4.69. The molecule has 0 saturated heterocycles. The summed E-state index contributed by atoms with van der Waals surface area (Å²) in [6, 6.07) is 17.2. The van der Waals surface area contributed by atoms with Crippen LogP contribution in [0.25, 0.3) is 10.8 Å². The lowest BCUT2D eigenvalue weighted by atomic mass is 10.1. The molecule has 3 rings (SSSR count). The molecule has 24 heavy (non-hydrogen) atoms. The van der Waals surface area contributed by atoms with Crippen molar-refractivity contribution in [3.05, 3.63) is 66.5 Å². The van der Waals surface area contributed by atoms with E-state index < -0.39 is 0 Å². The summed E-state index contributed by atoms with van der Waals surface area (Å²) in [5, 5.41) is 1.97. The highest BCUT2D eigenvalue weighted by atomic mass is 32.2. The molecule has 0 aliphatic heterocycles. The summed E-state index contributed by atoms with van der Waals surface area (Å²) in [7, 11) is 1.61. The van der Waals surface area contributed by atoms with E-state index in [4.69, 9.17) is 9.47 Å². The first-order valence-electron chi connectivity index (χ1n) is 7.31. The van der Waals surface area contributed by atoms with Gasteiger partial charge in [-0.05, 0) is 59.3 Å². The molecule has 0 radical (unpaired) electrons. The lowest BCUT2D eigenvalue weighted by Gasteiger charge is -2.07. The van der Waals surface area contributed by atoms with E-state index in [1.165, 1.54) is 23.9 Å². The van der Waals surface area contributed by atoms with Crippen molar-refractivity contribution in [3.8, 4) is 11.5 Å². The highest BCUT2D eigenvalue weighted by Gasteiger charge is 2.07. The van der Waals surface area contributed by atoms with Crippen LogP contribution >= 0.6 is 11.8 Å². The zero-order chi connectivity index (χ0) is 16.9. The van der Waals surface area contributed by atoms with Gasteiger partial charge in [0.1, 0.15) is 17.3 Å². The van der Waals surface area contributed by atoms with Crippen molar-refractivity contribution in [2.75, 3.05) is 12.9 Å².